The number of hydrogen-bond donors (Lipinski definition) is 1. The van der Waals surface area contributed by atoms with Gasteiger partial charge < -0.3 is 24.9 Å². The standard InChI is InChI=1S/C35H56ClN5O2/c1-25-10-11-26(2)40(25)35(43)41(31-8-6-5-7-9-31)32-20-22-39(23-21-32)34(42)33(24-27-12-14-28(36)15-13-27)37-29-16-18-30(19-17-29)38(3)4/h12-15,25-26,29-33,37H,5-11,16-24H2,1-4H3/t25-,26-,29-,30+,33+/m0/s1. The molecule has 7 nitrogen and oxygen atoms in total. The Labute approximate surface area is 265 Å². The zero-order valence-corrected chi connectivity index (χ0v) is 27.9. The van der Waals surface area contributed by atoms with Crippen LogP contribution in [0.3, 0.4) is 0 Å². The lowest BCUT2D eigenvalue weighted by Crippen LogP contribution is -2.59. The second kappa shape index (κ2) is 15.0. The zero-order valence-electron chi connectivity index (χ0n) is 27.1. The van der Waals surface area contributed by atoms with Crippen LogP contribution in [0.4, 0.5) is 4.79 Å². The van der Waals surface area contributed by atoms with Gasteiger partial charge >= 0.3 is 6.03 Å². The number of benzene rings is 1. The van der Waals surface area contributed by atoms with E-state index in [0.29, 0.717) is 36.6 Å². The van der Waals surface area contributed by atoms with Crippen LogP contribution >= 0.6 is 11.6 Å². The predicted octanol–water partition coefficient (Wildman–Crippen LogP) is 6.33. The number of piperidine rings is 1. The molecule has 0 radical (unpaired) electrons. The molecule has 2 aliphatic carbocycles. The lowest BCUT2D eigenvalue weighted by molar-refractivity contribution is -0.135. The lowest BCUT2D eigenvalue weighted by atomic mass is 9.89. The number of nitrogens with zero attached hydrogens (tertiary/aromatic N) is 4. The first kappa shape index (κ1) is 32.6. The molecule has 3 amide bonds. The van der Waals surface area contributed by atoms with Crippen molar-refractivity contribution in [3.63, 3.8) is 0 Å². The number of hydrogen-bond acceptors (Lipinski definition) is 4. The molecule has 0 unspecified atom stereocenters. The van der Waals surface area contributed by atoms with Gasteiger partial charge in [0.1, 0.15) is 0 Å². The number of likely N-dealkylation sites (tertiary alicyclic amines) is 2. The number of nitrogens with one attached hydrogen (secondary N) is 1. The second-order valence-electron chi connectivity index (χ2n) is 14.2. The van der Waals surface area contributed by atoms with Gasteiger partial charge in [0.2, 0.25) is 5.91 Å². The highest BCUT2D eigenvalue weighted by atomic mass is 35.5. The summed E-state index contributed by atoms with van der Waals surface area (Å²) in [6.45, 7) is 5.86. The average molecular weight is 614 g/mol. The zero-order chi connectivity index (χ0) is 30.5. The van der Waals surface area contributed by atoms with Gasteiger partial charge in [0.25, 0.3) is 0 Å². The highest BCUT2D eigenvalue weighted by Gasteiger charge is 2.41. The molecule has 4 fully saturated rings. The summed E-state index contributed by atoms with van der Waals surface area (Å²) in [7, 11) is 4.34. The van der Waals surface area contributed by atoms with Crippen LogP contribution in [0.1, 0.15) is 103 Å². The number of urea groups is 1. The third-order valence-corrected chi connectivity index (χ3v) is 11.3. The molecule has 2 heterocycles. The van der Waals surface area contributed by atoms with Crippen molar-refractivity contribution in [1.29, 1.82) is 0 Å². The van der Waals surface area contributed by atoms with Gasteiger partial charge in [0, 0.05) is 54.4 Å². The SMILES string of the molecule is C[C@H]1CC[C@H](C)N1C(=O)N(C1CCCCC1)C1CCN(C(=O)[C@@H](Cc2ccc(Cl)cc2)N[C@H]2CC[C@@H](N(C)C)CC2)CC1. The van der Waals surface area contributed by atoms with Crippen LogP contribution in [0, 0.1) is 0 Å². The minimum absolute atomic E-state index is 0.209. The van der Waals surface area contributed by atoms with Crippen LogP contribution in [0.15, 0.2) is 24.3 Å². The maximum absolute atomic E-state index is 14.2. The summed E-state index contributed by atoms with van der Waals surface area (Å²) in [6.07, 6.45) is 15.1. The number of rotatable bonds is 8. The fourth-order valence-electron chi connectivity index (χ4n) is 8.38. The Morgan fingerprint density at radius 3 is 1.98 bits per heavy atom. The van der Waals surface area contributed by atoms with Gasteiger partial charge in [-0.05, 0) is 116 Å². The van der Waals surface area contributed by atoms with Gasteiger partial charge in [-0.2, -0.15) is 0 Å². The smallest absolute Gasteiger partial charge is 0.320 e. The molecule has 3 atom stereocenters. The summed E-state index contributed by atoms with van der Waals surface area (Å²) in [5.74, 6) is 0.209. The van der Waals surface area contributed by atoms with E-state index in [2.05, 4.69) is 52.9 Å². The van der Waals surface area contributed by atoms with Crippen molar-refractivity contribution in [2.45, 2.75) is 146 Å². The first-order valence-electron chi connectivity index (χ1n) is 17.3. The van der Waals surface area contributed by atoms with Crippen molar-refractivity contribution in [3.05, 3.63) is 34.9 Å². The van der Waals surface area contributed by atoms with Crippen LogP contribution in [0.2, 0.25) is 5.02 Å². The maximum Gasteiger partial charge on any atom is 0.320 e. The van der Waals surface area contributed by atoms with E-state index in [4.69, 9.17) is 11.6 Å². The van der Waals surface area contributed by atoms with Crippen molar-refractivity contribution in [2.75, 3.05) is 27.2 Å². The summed E-state index contributed by atoms with van der Waals surface area (Å²) < 4.78 is 0. The van der Waals surface area contributed by atoms with Crippen molar-refractivity contribution in [3.8, 4) is 0 Å². The molecule has 0 spiro atoms. The molecule has 1 aromatic carbocycles. The fourth-order valence-corrected chi connectivity index (χ4v) is 8.50. The van der Waals surface area contributed by atoms with Crippen LogP contribution in [0.25, 0.3) is 0 Å². The molecule has 0 bridgehead atoms. The summed E-state index contributed by atoms with van der Waals surface area (Å²) >= 11 is 6.18. The van der Waals surface area contributed by atoms with Gasteiger partial charge in [-0.3, -0.25) is 4.79 Å². The summed E-state index contributed by atoms with van der Waals surface area (Å²) in [4.78, 5) is 37.2. The average Bonchev–Trinajstić information content (AvgIpc) is 3.36. The lowest BCUT2D eigenvalue weighted by Gasteiger charge is -2.46. The number of halogens is 1. The van der Waals surface area contributed by atoms with Gasteiger partial charge in [0.05, 0.1) is 6.04 Å². The van der Waals surface area contributed by atoms with Crippen LogP contribution in [-0.4, -0.2) is 101 Å². The third-order valence-electron chi connectivity index (χ3n) is 11.0. The van der Waals surface area contributed by atoms with E-state index in [-0.39, 0.29) is 24.0 Å². The quantitative estimate of drug-likeness (QED) is 0.372. The van der Waals surface area contributed by atoms with E-state index in [1.165, 1.54) is 19.3 Å². The summed E-state index contributed by atoms with van der Waals surface area (Å²) in [5.41, 5.74) is 1.13. The molecule has 240 valence electrons. The first-order chi connectivity index (χ1) is 20.7. The molecule has 2 saturated heterocycles. The van der Waals surface area contributed by atoms with Crippen LogP contribution in [0.5, 0.6) is 0 Å². The topological polar surface area (TPSA) is 59.1 Å². The third kappa shape index (κ3) is 8.07. The number of amides is 3. The Bertz CT molecular complexity index is 1030. The summed E-state index contributed by atoms with van der Waals surface area (Å²) in [5, 5.41) is 4.53. The Hall–Kier alpha value is -1.83. The molecule has 2 saturated carbocycles. The van der Waals surface area contributed by atoms with Gasteiger partial charge in [-0.15, -0.1) is 0 Å². The van der Waals surface area contributed by atoms with Crippen molar-refractivity contribution in [1.82, 2.24) is 24.9 Å². The molecule has 2 aliphatic heterocycles. The second-order valence-corrected chi connectivity index (χ2v) is 14.7. The van der Waals surface area contributed by atoms with E-state index < -0.39 is 0 Å². The molecule has 4 aliphatic rings. The largest absolute Gasteiger partial charge is 0.341 e. The van der Waals surface area contributed by atoms with E-state index in [1.807, 2.05) is 24.3 Å². The first-order valence-corrected chi connectivity index (χ1v) is 17.7. The Morgan fingerprint density at radius 1 is 0.814 bits per heavy atom. The van der Waals surface area contributed by atoms with Crippen molar-refractivity contribution < 1.29 is 9.59 Å². The highest BCUT2D eigenvalue weighted by Crippen LogP contribution is 2.33. The number of carbonyl (C=O) groups excluding carboxylic acids is 2. The van der Waals surface area contributed by atoms with Crippen molar-refractivity contribution >= 4 is 23.5 Å². The highest BCUT2D eigenvalue weighted by molar-refractivity contribution is 6.30. The molecule has 43 heavy (non-hydrogen) atoms. The predicted molar refractivity (Wildman–Crippen MR) is 176 cm³/mol. The Morgan fingerprint density at radius 2 is 1.40 bits per heavy atom. The Balaban J connectivity index is 1.26. The molecule has 1 aromatic rings. The van der Waals surface area contributed by atoms with E-state index >= 15 is 0 Å². The minimum Gasteiger partial charge on any atom is -0.341 e. The van der Waals surface area contributed by atoms with Crippen molar-refractivity contribution in [2.24, 2.45) is 0 Å². The summed E-state index contributed by atoms with van der Waals surface area (Å²) in [6, 6.07) is 10.1. The Kier molecular flexibility index (Phi) is 11.3. The normalized spacial score (nSPS) is 28.3. The van der Waals surface area contributed by atoms with Crippen LogP contribution in [-0.2, 0) is 11.2 Å². The van der Waals surface area contributed by atoms with Crippen LogP contribution < -0.4 is 5.32 Å². The number of carbonyl (C=O) groups is 2. The monoisotopic (exact) mass is 613 g/mol. The van der Waals surface area contributed by atoms with Gasteiger partial charge in [0.15, 0.2) is 0 Å². The van der Waals surface area contributed by atoms with E-state index in [0.717, 1.165) is 87.9 Å². The molecular formula is C35H56ClN5O2. The molecule has 5 rings (SSSR count). The molecule has 8 heteroatoms. The van der Waals surface area contributed by atoms with Gasteiger partial charge in [-0.25, -0.2) is 4.79 Å². The molecular weight excluding hydrogens is 558 g/mol. The van der Waals surface area contributed by atoms with E-state index in [1.54, 1.807) is 0 Å². The minimum atomic E-state index is -0.249. The van der Waals surface area contributed by atoms with E-state index in [9.17, 15) is 9.59 Å². The molecule has 0 aromatic heterocycles. The van der Waals surface area contributed by atoms with Gasteiger partial charge in [-0.1, -0.05) is 43.0 Å². The maximum atomic E-state index is 14.2. The molecule has 1 N–H and O–H groups in total. The fraction of sp³-hybridized carbons (Fsp3) is 0.771.